The van der Waals surface area contributed by atoms with E-state index in [1.54, 1.807) is 11.3 Å². The van der Waals surface area contributed by atoms with Gasteiger partial charge in [0, 0.05) is 16.1 Å². The quantitative estimate of drug-likeness (QED) is 0.335. The second-order valence-electron chi connectivity index (χ2n) is 7.39. The topological polar surface area (TPSA) is 58.9 Å². The number of hydrogen-bond acceptors (Lipinski definition) is 4. The van der Waals surface area contributed by atoms with Crippen LogP contribution < -0.4 is 0 Å². The molecule has 6 rings (SSSR count). The minimum atomic E-state index is 0.690. The first-order chi connectivity index (χ1) is 15.2. The Labute approximate surface area is 187 Å². The zero-order valence-electron chi connectivity index (χ0n) is 16.5. The van der Waals surface area contributed by atoms with Crippen LogP contribution in [-0.2, 0) is 0 Å². The first-order valence-electron chi connectivity index (χ1n) is 9.83. The van der Waals surface area contributed by atoms with E-state index in [0.717, 1.165) is 49.3 Å². The van der Waals surface area contributed by atoms with Crippen LogP contribution in [0.4, 0.5) is 0 Å². The van der Waals surface area contributed by atoms with E-state index in [1.807, 2.05) is 53.0 Å². The molecular formula is C24H16ClN5S. The Hall–Kier alpha value is -3.48. The van der Waals surface area contributed by atoms with Gasteiger partial charge in [0.2, 0.25) is 4.96 Å². The molecule has 0 aliphatic rings. The van der Waals surface area contributed by atoms with Crippen LogP contribution in [0.25, 0.3) is 49.3 Å². The number of halogens is 1. The van der Waals surface area contributed by atoms with Crippen LogP contribution in [0.5, 0.6) is 0 Å². The Morgan fingerprint density at radius 1 is 0.871 bits per heavy atom. The van der Waals surface area contributed by atoms with Crippen molar-refractivity contribution < 1.29 is 0 Å². The van der Waals surface area contributed by atoms with Crippen molar-refractivity contribution in [2.45, 2.75) is 6.92 Å². The molecule has 0 spiro atoms. The van der Waals surface area contributed by atoms with E-state index in [1.165, 1.54) is 5.56 Å². The van der Waals surface area contributed by atoms with Crippen LogP contribution in [0.2, 0.25) is 5.02 Å². The third-order valence-electron chi connectivity index (χ3n) is 5.23. The summed E-state index contributed by atoms with van der Waals surface area (Å²) >= 11 is 7.68. The summed E-state index contributed by atoms with van der Waals surface area (Å²) in [5.41, 5.74) is 6.80. The van der Waals surface area contributed by atoms with Crippen molar-refractivity contribution >= 4 is 38.9 Å². The smallest absolute Gasteiger partial charge is 0.213 e. The molecule has 150 valence electrons. The molecule has 0 saturated heterocycles. The van der Waals surface area contributed by atoms with Gasteiger partial charge in [-0.3, -0.25) is 0 Å². The average molecular weight is 442 g/mol. The fourth-order valence-corrected chi connectivity index (χ4v) is 4.68. The van der Waals surface area contributed by atoms with Crippen molar-refractivity contribution in [1.82, 2.24) is 24.6 Å². The second kappa shape index (κ2) is 7.04. The number of aryl methyl sites for hydroxylation is 1. The van der Waals surface area contributed by atoms with Gasteiger partial charge in [-0.05, 0) is 31.2 Å². The number of aromatic nitrogens is 5. The number of H-pyrrole nitrogens is 1. The lowest BCUT2D eigenvalue weighted by atomic mass is 10.1. The lowest BCUT2D eigenvalue weighted by molar-refractivity contribution is 0.975. The number of hydrogen-bond donors (Lipinski definition) is 1. The highest BCUT2D eigenvalue weighted by atomic mass is 35.5. The Bertz CT molecular complexity index is 1510. The van der Waals surface area contributed by atoms with Crippen molar-refractivity contribution in [1.29, 1.82) is 0 Å². The molecular weight excluding hydrogens is 426 g/mol. The first kappa shape index (κ1) is 18.3. The molecule has 0 amide bonds. The van der Waals surface area contributed by atoms with Crippen LogP contribution in [0.1, 0.15) is 5.56 Å². The van der Waals surface area contributed by atoms with Gasteiger partial charge in [-0.1, -0.05) is 77.0 Å². The van der Waals surface area contributed by atoms with E-state index < -0.39 is 0 Å². The number of aromatic amines is 1. The fraction of sp³-hybridized carbons (Fsp3) is 0.0417. The zero-order chi connectivity index (χ0) is 20.9. The van der Waals surface area contributed by atoms with E-state index in [4.69, 9.17) is 26.7 Å². The predicted molar refractivity (Wildman–Crippen MR) is 127 cm³/mol. The lowest BCUT2D eigenvalue weighted by Crippen LogP contribution is -1.93. The molecule has 1 N–H and O–H groups in total. The predicted octanol–water partition coefficient (Wildman–Crippen LogP) is 6.63. The minimum absolute atomic E-state index is 0.690. The van der Waals surface area contributed by atoms with E-state index >= 15 is 0 Å². The van der Waals surface area contributed by atoms with Gasteiger partial charge in [0.15, 0.2) is 5.82 Å². The number of imidazole rings is 2. The molecule has 7 heteroatoms. The lowest BCUT2D eigenvalue weighted by Gasteiger charge is -2.02. The number of rotatable bonds is 3. The molecule has 0 unspecified atom stereocenters. The second-order valence-corrected chi connectivity index (χ2v) is 8.78. The van der Waals surface area contributed by atoms with Gasteiger partial charge in [0.25, 0.3) is 0 Å². The molecule has 0 aliphatic carbocycles. The standard InChI is InChI=1S/C24H16ClN5S/c1-14-6-8-16(9-7-14)23-29-30-21(22-26-18-4-2-3-5-19(18)27-22)20(28-24(30)31-23)15-10-12-17(25)13-11-15/h2-13H,1H3,(H,26,27). The Balaban J connectivity index is 1.60. The van der Waals surface area contributed by atoms with Gasteiger partial charge in [0.1, 0.15) is 16.4 Å². The molecule has 0 radical (unpaired) electrons. The van der Waals surface area contributed by atoms with Crippen molar-refractivity contribution in [3.05, 3.63) is 83.4 Å². The van der Waals surface area contributed by atoms with Crippen molar-refractivity contribution in [3.8, 4) is 33.3 Å². The number of nitrogens with one attached hydrogen (secondary N) is 1. The highest BCUT2D eigenvalue weighted by molar-refractivity contribution is 7.19. The number of para-hydroxylation sites is 2. The van der Waals surface area contributed by atoms with Gasteiger partial charge in [-0.25, -0.2) is 9.97 Å². The summed E-state index contributed by atoms with van der Waals surface area (Å²) in [5, 5.41) is 6.52. The molecule has 3 aromatic heterocycles. The molecule has 6 aromatic rings. The first-order valence-corrected chi connectivity index (χ1v) is 11.0. The molecule has 3 heterocycles. The van der Waals surface area contributed by atoms with Gasteiger partial charge in [-0.15, -0.1) is 0 Å². The summed E-state index contributed by atoms with van der Waals surface area (Å²) in [6, 6.07) is 24.1. The molecule has 0 saturated carbocycles. The molecule has 0 bridgehead atoms. The fourth-order valence-electron chi connectivity index (χ4n) is 3.65. The summed E-state index contributed by atoms with van der Waals surface area (Å²) in [4.78, 5) is 14.0. The molecule has 3 aromatic carbocycles. The van der Waals surface area contributed by atoms with E-state index in [-0.39, 0.29) is 0 Å². The Kier molecular flexibility index (Phi) is 4.16. The minimum Gasteiger partial charge on any atom is -0.337 e. The maximum Gasteiger partial charge on any atom is 0.213 e. The summed E-state index contributed by atoms with van der Waals surface area (Å²) in [6.07, 6.45) is 0. The Morgan fingerprint density at radius 3 is 2.39 bits per heavy atom. The van der Waals surface area contributed by atoms with Crippen LogP contribution >= 0.6 is 22.9 Å². The van der Waals surface area contributed by atoms with Crippen LogP contribution in [0.3, 0.4) is 0 Å². The van der Waals surface area contributed by atoms with E-state index in [9.17, 15) is 0 Å². The van der Waals surface area contributed by atoms with Crippen LogP contribution in [0.15, 0.2) is 72.8 Å². The van der Waals surface area contributed by atoms with Crippen molar-refractivity contribution in [2.75, 3.05) is 0 Å². The third kappa shape index (κ3) is 3.12. The van der Waals surface area contributed by atoms with Gasteiger partial charge < -0.3 is 4.98 Å². The van der Waals surface area contributed by atoms with Gasteiger partial charge in [-0.2, -0.15) is 9.61 Å². The highest BCUT2D eigenvalue weighted by Gasteiger charge is 2.22. The average Bonchev–Trinajstić information content (AvgIpc) is 3.46. The molecule has 31 heavy (non-hydrogen) atoms. The summed E-state index contributed by atoms with van der Waals surface area (Å²) in [5.74, 6) is 0.736. The van der Waals surface area contributed by atoms with Gasteiger partial charge >= 0.3 is 0 Å². The van der Waals surface area contributed by atoms with Crippen LogP contribution in [0, 0.1) is 6.92 Å². The summed E-state index contributed by atoms with van der Waals surface area (Å²) < 4.78 is 1.89. The van der Waals surface area contributed by atoms with Crippen LogP contribution in [-0.4, -0.2) is 24.6 Å². The normalized spacial score (nSPS) is 11.5. The number of nitrogens with zero attached hydrogens (tertiary/aromatic N) is 4. The molecule has 0 atom stereocenters. The number of fused-ring (bicyclic) bond motifs is 2. The molecule has 0 fully saturated rings. The largest absolute Gasteiger partial charge is 0.337 e. The highest BCUT2D eigenvalue weighted by Crippen LogP contribution is 2.36. The summed E-state index contributed by atoms with van der Waals surface area (Å²) in [6.45, 7) is 2.08. The summed E-state index contributed by atoms with van der Waals surface area (Å²) in [7, 11) is 0. The molecule has 0 aliphatic heterocycles. The zero-order valence-corrected chi connectivity index (χ0v) is 18.1. The Morgan fingerprint density at radius 2 is 1.61 bits per heavy atom. The monoisotopic (exact) mass is 441 g/mol. The van der Waals surface area contributed by atoms with Gasteiger partial charge in [0.05, 0.1) is 11.0 Å². The third-order valence-corrected chi connectivity index (χ3v) is 6.44. The molecule has 5 nitrogen and oxygen atoms in total. The number of benzene rings is 3. The SMILES string of the molecule is Cc1ccc(-c2nn3c(-c4nc5ccccc5[nH]4)c(-c4ccc(Cl)cc4)nc3s2)cc1. The van der Waals surface area contributed by atoms with Crippen molar-refractivity contribution in [3.63, 3.8) is 0 Å². The van der Waals surface area contributed by atoms with E-state index in [2.05, 4.69) is 36.2 Å². The maximum atomic E-state index is 6.11. The maximum absolute atomic E-state index is 6.11. The van der Waals surface area contributed by atoms with Crippen molar-refractivity contribution in [2.24, 2.45) is 0 Å². The van der Waals surface area contributed by atoms with E-state index in [0.29, 0.717) is 5.02 Å².